The van der Waals surface area contributed by atoms with Crippen LogP contribution >= 0.6 is 0 Å². The summed E-state index contributed by atoms with van der Waals surface area (Å²) in [4.78, 5) is 15.2. The standard InChI is InChI=1S/C14H16F2N2O2/c1-8(2)3-4-13-17-11-5-9(15)10(16)6-12(11)18(13)7-14(19)20/h5-6,8H,3-4,7H2,1-2H3,(H,19,20). The maximum absolute atomic E-state index is 13.3. The van der Waals surface area contributed by atoms with E-state index in [9.17, 15) is 13.6 Å². The summed E-state index contributed by atoms with van der Waals surface area (Å²) >= 11 is 0. The largest absolute Gasteiger partial charge is 0.480 e. The van der Waals surface area contributed by atoms with E-state index in [2.05, 4.69) is 4.98 Å². The molecule has 0 spiro atoms. The molecule has 2 aromatic rings. The molecule has 0 aliphatic heterocycles. The molecule has 1 aromatic heterocycles. The molecule has 108 valence electrons. The minimum Gasteiger partial charge on any atom is -0.480 e. The molecule has 0 aliphatic rings. The van der Waals surface area contributed by atoms with Gasteiger partial charge in [-0.2, -0.15) is 0 Å². The van der Waals surface area contributed by atoms with E-state index >= 15 is 0 Å². The SMILES string of the molecule is CC(C)CCc1nc2cc(F)c(F)cc2n1CC(=O)O. The van der Waals surface area contributed by atoms with Crippen molar-refractivity contribution < 1.29 is 18.7 Å². The van der Waals surface area contributed by atoms with Gasteiger partial charge in [0.15, 0.2) is 11.6 Å². The maximum atomic E-state index is 13.3. The third kappa shape index (κ3) is 2.95. The molecule has 0 unspecified atom stereocenters. The van der Waals surface area contributed by atoms with Crippen LogP contribution in [0.25, 0.3) is 11.0 Å². The molecule has 0 amide bonds. The zero-order valence-corrected chi connectivity index (χ0v) is 11.4. The Kier molecular flexibility index (Phi) is 4.01. The highest BCUT2D eigenvalue weighted by Crippen LogP contribution is 2.21. The Bertz CT molecular complexity index is 650. The molecule has 20 heavy (non-hydrogen) atoms. The van der Waals surface area contributed by atoms with Crippen molar-refractivity contribution in [1.29, 1.82) is 0 Å². The molecule has 0 aliphatic carbocycles. The number of fused-ring (bicyclic) bond motifs is 1. The van der Waals surface area contributed by atoms with Crippen LogP contribution in [0.3, 0.4) is 0 Å². The van der Waals surface area contributed by atoms with Gasteiger partial charge in [-0.1, -0.05) is 13.8 Å². The Morgan fingerprint density at radius 3 is 2.60 bits per heavy atom. The number of rotatable bonds is 5. The van der Waals surface area contributed by atoms with Gasteiger partial charge in [-0.15, -0.1) is 0 Å². The van der Waals surface area contributed by atoms with Crippen molar-refractivity contribution in [3.63, 3.8) is 0 Å². The van der Waals surface area contributed by atoms with E-state index in [1.54, 1.807) is 0 Å². The lowest BCUT2D eigenvalue weighted by Crippen LogP contribution is -2.12. The molecule has 0 radical (unpaired) electrons. The number of imidazole rings is 1. The Morgan fingerprint density at radius 2 is 2.00 bits per heavy atom. The minimum atomic E-state index is -1.04. The van der Waals surface area contributed by atoms with Crippen molar-refractivity contribution in [1.82, 2.24) is 9.55 Å². The molecule has 0 atom stereocenters. The van der Waals surface area contributed by atoms with E-state index in [-0.39, 0.29) is 12.1 Å². The van der Waals surface area contributed by atoms with Gasteiger partial charge in [-0.25, -0.2) is 13.8 Å². The predicted octanol–water partition coefficient (Wildman–Crippen LogP) is 2.99. The fourth-order valence-corrected chi connectivity index (χ4v) is 2.09. The summed E-state index contributed by atoms with van der Waals surface area (Å²) in [5.41, 5.74) is 0.592. The lowest BCUT2D eigenvalue weighted by molar-refractivity contribution is -0.137. The smallest absolute Gasteiger partial charge is 0.323 e. The van der Waals surface area contributed by atoms with Crippen LogP contribution < -0.4 is 0 Å². The third-order valence-corrected chi connectivity index (χ3v) is 3.11. The van der Waals surface area contributed by atoms with Gasteiger partial charge in [0.05, 0.1) is 11.0 Å². The summed E-state index contributed by atoms with van der Waals surface area (Å²) in [7, 11) is 0. The molecule has 6 heteroatoms. The van der Waals surface area contributed by atoms with Gasteiger partial charge in [-0.05, 0) is 12.3 Å². The zero-order valence-electron chi connectivity index (χ0n) is 11.4. The van der Waals surface area contributed by atoms with Gasteiger partial charge in [0, 0.05) is 18.6 Å². The van der Waals surface area contributed by atoms with Crippen molar-refractivity contribution >= 4 is 17.0 Å². The molecular formula is C14H16F2N2O2. The van der Waals surface area contributed by atoms with Crippen LogP contribution in [0.15, 0.2) is 12.1 Å². The first-order valence-electron chi connectivity index (χ1n) is 6.44. The average Bonchev–Trinajstić information content (AvgIpc) is 2.65. The van der Waals surface area contributed by atoms with Crippen molar-refractivity contribution in [2.75, 3.05) is 0 Å². The number of benzene rings is 1. The molecule has 2 rings (SSSR count). The van der Waals surface area contributed by atoms with Gasteiger partial charge in [0.2, 0.25) is 0 Å². The van der Waals surface area contributed by atoms with E-state index in [4.69, 9.17) is 5.11 Å². The molecule has 0 fully saturated rings. The Morgan fingerprint density at radius 1 is 1.35 bits per heavy atom. The Labute approximate surface area is 115 Å². The molecule has 1 aromatic carbocycles. The van der Waals surface area contributed by atoms with Crippen molar-refractivity contribution in [2.24, 2.45) is 5.92 Å². The first-order chi connectivity index (χ1) is 9.38. The van der Waals surface area contributed by atoms with Crippen LogP contribution in [-0.2, 0) is 17.8 Å². The Hall–Kier alpha value is -1.98. The summed E-state index contributed by atoms with van der Waals surface area (Å²) in [6.07, 6.45) is 1.40. The highest BCUT2D eigenvalue weighted by molar-refractivity contribution is 5.78. The van der Waals surface area contributed by atoms with Crippen LogP contribution in [-0.4, -0.2) is 20.6 Å². The van der Waals surface area contributed by atoms with Crippen LogP contribution in [0.5, 0.6) is 0 Å². The number of aliphatic carboxylic acids is 1. The van der Waals surface area contributed by atoms with E-state index < -0.39 is 17.6 Å². The number of hydrogen-bond donors (Lipinski definition) is 1. The van der Waals surface area contributed by atoms with E-state index in [1.165, 1.54) is 4.57 Å². The van der Waals surface area contributed by atoms with Crippen molar-refractivity contribution in [2.45, 2.75) is 33.2 Å². The van der Waals surface area contributed by atoms with Crippen LogP contribution in [0.2, 0.25) is 0 Å². The summed E-state index contributed by atoms with van der Waals surface area (Å²) in [5.74, 6) is -2.05. The topological polar surface area (TPSA) is 55.1 Å². The first kappa shape index (κ1) is 14.4. The minimum absolute atomic E-state index is 0.281. The van der Waals surface area contributed by atoms with Gasteiger partial charge < -0.3 is 9.67 Å². The summed E-state index contributed by atoms with van der Waals surface area (Å²) in [6, 6.07) is 2.00. The van der Waals surface area contributed by atoms with Crippen molar-refractivity contribution in [3.8, 4) is 0 Å². The summed E-state index contributed by atoms with van der Waals surface area (Å²) in [6.45, 7) is 3.78. The highest BCUT2D eigenvalue weighted by atomic mass is 19.2. The number of hydrogen-bond acceptors (Lipinski definition) is 2. The molecule has 0 saturated heterocycles. The van der Waals surface area contributed by atoms with E-state index in [0.717, 1.165) is 18.6 Å². The third-order valence-electron chi connectivity index (χ3n) is 3.11. The second-order valence-corrected chi connectivity index (χ2v) is 5.20. The van der Waals surface area contributed by atoms with Crippen molar-refractivity contribution in [3.05, 3.63) is 29.6 Å². The highest BCUT2D eigenvalue weighted by Gasteiger charge is 2.16. The normalized spacial score (nSPS) is 11.4. The number of aryl methyl sites for hydroxylation is 1. The number of carboxylic acids is 1. The van der Waals surface area contributed by atoms with Gasteiger partial charge in [-0.3, -0.25) is 4.79 Å². The second-order valence-electron chi connectivity index (χ2n) is 5.20. The summed E-state index contributed by atoms with van der Waals surface area (Å²) < 4.78 is 28.0. The van der Waals surface area contributed by atoms with Crippen LogP contribution in [0, 0.1) is 17.6 Å². The number of carbonyl (C=O) groups is 1. The van der Waals surface area contributed by atoms with E-state index in [1.807, 2.05) is 13.8 Å². The monoisotopic (exact) mass is 282 g/mol. The predicted molar refractivity (Wildman–Crippen MR) is 70.4 cm³/mol. The second kappa shape index (κ2) is 5.56. The van der Waals surface area contributed by atoms with Crippen LogP contribution in [0.1, 0.15) is 26.1 Å². The summed E-state index contributed by atoms with van der Waals surface area (Å²) in [5, 5.41) is 8.95. The molecule has 1 N–H and O–H groups in total. The molecule has 4 nitrogen and oxygen atoms in total. The number of carboxylic acid groups (broad SMARTS) is 1. The molecular weight excluding hydrogens is 266 g/mol. The number of nitrogens with zero attached hydrogens (tertiary/aromatic N) is 2. The van der Waals surface area contributed by atoms with Gasteiger partial charge >= 0.3 is 5.97 Å². The quantitative estimate of drug-likeness (QED) is 0.917. The molecule has 0 saturated carbocycles. The zero-order chi connectivity index (χ0) is 14.9. The number of aromatic nitrogens is 2. The lowest BCUT2D eigenvalue weighted by Gasteiger charge is -2.07. The number of halogens is 2. The maximum Gasteiger partial charge on any atom is 0.323 e. The van der Waals surface area contributed by atoms with Crippen LogP contribution in [0.4, 0.5) is 8.78 Å². The van der Waals surface area contributed by atoms with Gasteiger partial charge in [0.1, 0.15) is 12.4 Å². The van der Waals surface area contributed by atoms with E-state index in [0.29, 0.717) is 23.7 Å². The Balaban J connectivity index is 2.51. The first-order valence-corrected chi connectivity index (χ1v) is 6.44. The fraction of sp³-hybridized carbons (Fsp3) is 0.429. The molecule has 1 heterocycles. The van der Waals surface area contributed by atoms with Gasteiger partial charge in [0.25, 0.3) is 0 Å². The fourth-order valence-electron chi connectivity index (χ4n) is 2.09. The lowest BCUT2D eigenvalue weighted by atomic mass is 10.1. The average molecular weight is 282 g/mol. The molecule has 0 bridgehead atoms.